The number of fused-ring (bicyclic) bond motifs is 1. The van der Waals surface area contributed by atoms with E-state index in [-0.39, 0.29) is 5.91 Å². The lowest BCUT2D eigenvalue weighted by Gasteiger charge is -2.12. The van der Waals surface area contributed by atoms with E-state index < -0.39 is 0 Å². The third-order valence-corrected chi connectivity index (χ3v) is 4.94. The number of hydrogen-bond acceptors (Lipinski definition) is 2. The lowest BCUT2D eigenvalue weighted by atomic mass is 10.0. The number of amides is 1. The second-order valence-electron chi connectivity index (χ2n) is 6.50. The molecule has 0 aliphatic heterocycles. The third-order valence-electron chi connectivity index (χ3n) is 4.50. The van der Waals surface area contributed by atoms with E-state index >= 15 is 0 Å². The van der Waals surface area contributed by atoms with Crippen LogP contribution >= 0.6 is 23.2 Å². The number of aryl methyl sites for hydroxylation is 1. The maximum absolute atomic E-state index is 13.1. The average molecular weight is 407 g/mol. The lowest BCUT2D eigenvalue weighted by molar-refractivity contribution is 0.102. The van der Waals surface area contributed by atoms with Crippen LogP contribution in [0.4, 0.5) is 5.69 Å². The molecular formula is C23H16Cl2N2O. The van der Waals surface area contributed by atoms with E-state index in [1.807, 2.05) is 61.5 Å². The number of anilines is 1. The minimum atomic E-state index is -0.244. The minimum absolute atomic E-state index is 0.244. The van der Waals surface area contributed by atoms with Crippen molar-refractivity contribution < 1.29 is 4.79 Å². The summed E-state index contributed by atoms with van der Waals surface area (Å²) in [6.07, 6.45) is 0. The molecule has 0 atom stereocenters. The van der Waals surface area contributed by atoms with Crippen LogP contribution < -0.4 is 5.32 Å². The van der Waals surface area contributed by atoms with Gasteiger partial charge in [0.2, 0.25) is 0 Å². The highest BCUT2D eigenvalue weighted by molar-refractivity contribution is 6.35. The standard InChI is InChI=1S/C23H16Cl2N2O/c1-14-6-2-3-7-18(14)22-13-20(19-8-4-5-9-21(19)27-22)23(28)26-17-11-15(24)10-16(25)12-17/h2-13H,1H3,(H,26,28). The molecule has 4 rings (SSSR count). The van der Waals surface area contributed by atoms with Crippen LogP contribution in [0, 0.1) is 6.92 Å². The van der Waals surface area contributed by atoms with Crippen LogP contribution in [0.3, 0.4) is 0 Å². The first-order chi connectivity index (χ1) is 13.5. The first-order valence-electron chi connectivity index (χ1n) is 8.74. The highest BCUT2D eigenvalue weighted by Gasteiger charge is 2.15. The molecule has 0 saturated heterocycles. The van der Waals surface area contributed by atoms with E-state index in [1.165, 1.54) is 0 Å². The van der Waals surface area contributed by atoms with Crippen molar-refractivity contribution >= 4 is 45.7 Å². The molecule has 1 heterocycles. The van der Waals surface area contributed by atoms with Crippen LogP contribution in [0.25, 0.3) is 22.2 Å². The molecule has 28 heavy (non-hydrogen) atoms. The largest absolute Gasteiger partial charge is 0.322 e. The summed E-state index contributed by atoms with van der Waals surface area (Å²) in [4.78, 5) is 17.9. The summed E-state index contributed by atoms with van der Waals surface area (Å²) in [5, 5.41) is 4.59. The van der Waals surface area contributed by atoms with Gasteiger partial charge in [0, 0.05) is 26.7 Å². The van der Waals surface area contributed by atoms with Crippen molar-refractivity contribution in [3.63, 3.8) is 0 Å². The van der Waals surface area contributed by atoms with Gasteiger partial charge in [-0.15, -0.1) is 0 Å². The Labute approximate surface area is 172 Å². The van der Waals surface area contributed by atoms with Crippen molar-refractivity contribution in [2.24, 2.45) is 0 Å². The zero-order valence-corrected chi connectivity index (χ0v) is 16.6. The van der Waals surface area contributed by atoms with Gasteiger partial charge in [-0.3, -0.25) is 4.79 Å². The highest BCUT2D eigenvalue weighted by atomic mass is 35.5. The van der Waals surface area contributed by atoms with Gasteiger partial charge < -0.3 is 5.32 Å². The number of nitrogens with one attached hydrogen (secondary N) is 1. The van der Waals surface area contributed by atoms with Gasteiger partial charge in [0.05, 0.1) is 16.8 Å². The van der Waals surface area contributed by atoms with Gasteiger partial charge in [0.25, 0.3) is 5.91 Å². The predicted octanol–water partition coefficient (Wildman–Crippen LogP) is 6.77. The Bertz CT molecular complexity index is 1180. The Balaban J connectivity index is 1.83. The molecule has 3 aromatic carbocycles. The number of aromatic nitrogens is 1. The molecule has 0 spiro atoms. The fraction of sp³-hybridized carbons (Fsp3) is 0.0435. The van der Waals surface area contributed by atoms with Crippen molar-refractivity contribution in [2.75, 3.05) is 5.32 Å². The zero-order chi connectivity index (χ0) is 19.7. The van der Waals surface area contributed by atoms with E-state index in [1.54, 1.807) is 18.2 Å². The maximum atomic E-state index is 13.1. The minimum Gasteiger partial charge on any atom is -0.322 e. The Kier molecular flexibility index (Phi) is 5.03. The number of benzene rings is 3. The predicted molar refractivity (Wildman–Crippen MR) is 116 cm³/mol. The van der Waals surface area contributed by atoms with Gasteiger partial charge in [-0.25, -0.2) is 4.98 Å². The summed E-state index contributed by atoms with van der Waals surface area (Å²) >= 11 is 12.1. The van der Waals surface area contributed by atoms with Crippen molar-refractivity contribution in [1.29, 1.82) is 0 Å². The summed E-state index contributed by atoms with van der Waals surface area (Å²) in [7, 11) is 0. The molecule has 1 aromatic heterocycles. The van der Waals surface area contributed by atoms with Crippen LogP contribution in [0.5, 0.6) is 0 Å². The highest BCUT2D eigenvalue weighted by Crippen LogP contribution is 2.28. The molecule has 4 aromatic rings. The number of para-hydroxylation sites is 1. The van der Waals surface area contributed by atoms with Gasteiger partial charge in [0.15, 0.2) is 0 Å². The first-order valence-corrected chi connectivity index (χ1v) is 9.50. The number of hydrogen-bond donors (Lipinski definition) is 1. The Morgan fingerprint density at radius 2 is 1.57 bits per heavy atom. The number of carbonyl (C=O) groups is 1. The van der Waals surface area contributed by atoms with Crippen LogP contribution in [0.15, 0.2) is 72.8 Å². The third kappa shape index (κ3) is 3.72. The summed E-state index contributed by atoms with van der Waals surface area (Å²) in [5.41, 5.74) is 4.69. The second kappa shape index (κ2) is 7.63. The van der Waals surface area contributed by atoms with Crippen molar-refractivity contribution in [1.82, 2.24) is 4.98 Å². The number of pyridine rings is 1. The summed E-state index contributed by atoms with van der Waals surface area (Å²) in [6.45, 7) is 2.03. The van der Waals surface area contributed by atoms with Crippen molar-refractivity contribution in [2.45, 2.75) is 6.92 Å². The molecular weight excluding hydrogens is 391 g/mol. The first kappa shape index (κ1) is 18.5. The fourth-order valence-corrected chi connectivity index (χ4v) is 3.71. The summed E-state index contributed by atoms with van der Waals surface area (Å²) < 4.78 is 0. The Morgan fingerprint density at radius 3 is 2.32 bits per heavy atom. The fourth-order valence-electron chi connectivity index (χ4n) is 3.19. The number of rotatable bonds is 3. The Morgan fingerprint density at radius 1 is 0.893 bits per heavy atom. The lowest BCUT2D eigenvalue weighted by Crippen LogP contribution is -2.13. The average Bonchev–Trinajstić information content (AvgIpc) is 2.66. The van der Waals surface area contributed by atoms with Crippen molar-refractivity contribution in [3.8, 4) is 11.3 Å². The number of halogens is 2. The van der Waals surface area contributed by atoms with E-state index in [0.717, 1.165) is 27.7 Å². The van der Waals surface area contributed by atoms with E-state index in [9.17, 15) is 4.79 Å². The molecule has 3 nitrogen and oxygen atoms in total. The second-order valence-corrected chi connectivity index (χ2v) is 7.37. The molecule has 138 valence electrons. The molecule has 0 saturated carbocycles. The molecule has 5 heteroatoms. The van der Waals surface area contributed by atoms with Crippen LogP contribution in [-0.4, -0.2) is 10.9 Å². The maximum Gasteiger partial charge on any atom is 0.256 e. The number of carbonyl (C=O) groups excluding carboxylic acids is 1. The van der Waals surface area contributed by atoms with Crippen LogP contribution in [-0.2, 0) is 0 Å². The molecule has 0 radical (unpaired) electrons. The van der Waals surface area contributed by atoms with Gasteiger partial charge in [0.1, 0.15) is 0 Å². The van der Waals surface area contributed by atoms with Gasteiger partial charge in [-0.1, -0.05) is 65.7 Å². The summed E-state index contributed by atoms with van der Waals surface area (Å²) in [5.74, 6) is -0.244. The van der Waals surface area contributed by atoms with Crippen molar-refractivity contribution in [3.05, 3.63) is 94.0 Å². The SMILES string of the molecule is Cc1ccccc1-c1cc(C(=O)Nc2cc(Cl)cc(Cl)c2)c2ccccc2n1. The summed E-state index contributed by atoms with van der Waals surface area (Å²) in [6, 6.07) is 22.4. The van der Waals surface area contributed by atoms with Gasteiger partial charge >= 0.3 is 0 Å². The van der Waals surface area contributed by atoms with Gasteiger partial charge in [-0.2, -0.15) is 0 Å². The molecule has 0 fully saturated rings. The van der Waals surface area contributed by atoms with Gasteiger partial charge in [-0.05, 0) is 42.8 Å². The Hall–Kier alpha value is -2.88. The zero-order valence-electron chi connectivity index (χ0n) is 15.0. The van der Waals surface area contributed by atoms with Crippen LogP contribution in [0.1, 0.15) is 15.9 Å². The molecule has 0 aliphatic carbocycles. The molecule has 0 aliphatic rings. The quantitative estimate of drug-likeness (QED) is 0.407. The smallest absolute Gasteiger partial charge is 0.256 e. The molecule has 1 N–H and O–H groups in total. The van der Waals surface area contributed by atoms with Crippen LogP contribution in [0.2, 0.25) is 10.0 Å². The normalized spacial score (nSPS) is 10.8. The molecule has 1 amide bonds. The molecule has 0 bridgehead atoms. The topological polar surface area (TPSA) is 42.0 Å². The van der Waals surface area contributed by atoms with E-state index in [2.05, 4.69) is 5.32 Å². The monoisotopic (exact) mass is 406 g/mol. The van der Waals surface area contributed by atoms with E-state index in [0.29, 0.717) is 21.3 Å². The molecule has 0 unspecified atom stereocenters. The number of nitrogens with zero attached hydrogens (tertiary/aromatic N) is 1. The van der Waals surface area contributed by atoms with E-state index in [4.69, 9.17) is 28.2 Å².